The van der Waals surface area contributed by atoms with Crippen LogP contribution in [0.25, 0.3) is 0 Å². The van der Waals surface area contributed by atoms with Crippen LogP contribution in [0, 0.1) is 0 Å². The number of piperidine rings is 1. The predicted octanol–water partition coefficient (Wildman–Crippen LogP) is -0.0141. The van der Waals surface area contributed by atoms with E-state index in [0.717, 1.165) is 25.6 Å². The molecule has 112 valence electrons. The molecular formula is C12H20N4O3S. The van der Waals surface area contributed by atoms with Crippen molar-refractivity contribution in [1.82, 2.24) is 19.4 Å². The Morgan fingerprint density at radius 2 is 2.30 bits per heavy atom. The van der Waals surface area contributed by atoms with E-state index in [9.17, 15) is 13.2 Å². The van der Waals surface area contributed by atoms with Crippen LogP contribution in [0.4, 0.5) is 0 Å². The molecule has 0 spiro atoms. The highest BCUT2D eigenvalue weighted by Gasteiger charge is 2.24. The smallest absolute Gasteiger partial charge is 0.223 e. The minimum absolute atomic E-state index is 0.0157. The van der Waals surface area contributed by atoms with Crippen molar-refractivity contribution in [3.05, 3.63) is 18.5 Å². The maximum Gasteiger partial charge on any atom is 0.223 e. The largest absolute Gasteiger partial charge is 0.341 e. The summed E-state index contributed by atoms with van der Waals surface area (Å²) in [6.07, 6.45) is 6.87. The molecule has 1 saturated heterocycles. The van der Waals surface area contributed by atoms with E-state index < -0.39 is 10.0 Å². The average molecular weight is 300 g/mol. The van der Waals surface area contributed by atoms with E-state index in [1.165, 1.54) is 0 Å². The van der Waals surface area contributed by atoms with E-state index in [1.807, 2.05) is 16.9 Å². The van der Waals surface area contributed by atoms with Gasteiger partial charge in [-0.15, -0.1) is 0 Å². The van der Waals surface area contributed by atoms with Crippen LogP contribution >= 0.6 is 0 Å². The SMILES string of the molecule is CS(=O)(=O)NCCC(=O)N1CCCC(n2cccn2)C1. The molecular weight excluding hydrogens is 280 g/mol. The van der Waals surface area contributed by atoms with E-state index in [2.05, 4.69) is 9.82 Å². The Balaban J connectivity index is 1.84. The Morgan fingerprint density at radius 3 is 2.95 bits per heavy atom. The van der Waals surface area contributed by atoms with Crippen LogP contribution in [0.1, 0.15) is 25.3 Å². The second-order valence-electron chi connectivity index (χ2n) is 5.04. The van der Waals surface area contributed by atoms with Crippen molar-refractivity contribution in [2.24, 2.45) is 0 Å². The van der Waals surface area contributed by atoms with Gasteiger partial charge in [-0.25, -0.2) is 13.1 Å². The van der Waals surface area contributed by atoms with Crippen LogP contribution in [0.5, 0.6) is 0 Å². The van der Waals surface area contributed by atoms with E-state index in [-0.39, 0.29) is 24.9 Å². The third kappa shape index (κ3) is 4.31. The molecule has 8 heteroatoms. The summed E-state index contributed by atoms with van der Waals surface area (Å²) in [5.74, 6) is -0.0157. The zero-order valence-electron chi connectivity index (χ0n) is 11.5. The Morgan fingerprint density at radius 1 is 1.50 bits per heavy atom. The lowest BCUT2D eigenvalue weighted by atomic mass is 10.1. The Kier molecular flexibility index (Phi) is 4.77. The average Bonchev–Trinajstić information content (AvgIpc) is 2.91. The molecule has 1 fully saturated rings. The van der Waals surface area contributed by atoms with Gasteiger partial charge in [-0.1, -0.05) is 0 Å². The van der Waals surface area contributed by atoms with Crippen LogP contribution < -0.4 is 4.72 Å². The van der Waals surface area contributed by atoms with Crippen LogP contribution in [0.15, 0.2) is 18.5 Å². The van der Waals surface area contributed by atoms with Gasteiger partial charge < -0.3 is 4.90 Å². The summed E-state index contributed by atoms with van der Waals surface area (Å²) in [6, 6.07) is 2.09. The summed E-state index contributed by atoms with van der Waals surface area (Å²) in [7, 11) is -3.23. The molecule has 2 rings (SSSR count). The van der Waals surface area contributed by atoms with Gasteiger partial charge in [0.2, 0.25) is 15.9 Å². The fourth-order valence-electron chi connectivity index (χ4n) is 2.40. The fourth-order valence-corrected chi connectivity index (χ4v) is 2.87. The van der Waals surface area contributed by atoms with Crippen molar-refractivity contribution in [1.29, 1.82) is 0 Å². The quantitative estimate of drug-likeness (QED) is 0.828. The number of hydrogen-bond donors (Lipinski definition) is 1. The lowest BCUT2D eigenvalue weighted by Crippen LogP contribution is -2.42. The van der Waals surface area contributed by atoms with Gasteiger partial charge in [-0.05, 0) is 18.9 Å². The monoisotopic (exact) mass is 300 g/mol. The predicted molar refractivity (Wildman–Crippen MR) is 74.5 cm³/mol. The van der Waals surface area contributed by atoms with Crippen molar-refractivity contribution < 1.29 is 13.2 Å². The second-order valence-corrected chi connectivity index (χ2v) is 6.87. The normalized spacial score (nSPS) is 20.1. The molecule has 2 heterocycles. The Bertz CT molecular complexity index is 541. The summed E-state index contributed by atoms with van der Waals surface area (Å²) in [6.45, 7) is 1.52. The molecule has 0 aliphatic carbocycles. The standard InChI is InChI=1S/C12H20N4O3S/c1-20(18,19)14-7-5-12(17)15-8-2-4-11(10-15)16-9-3-6-13-16/h3,6,9,11,14H,2,4-5,7-8,10H2,1H3. The molecule has 0 bridgehead atoms. The zero-order chi connectivity index (χ0) is 14.6. The summed E-state index contributed by atoms with van der Waals surface area (Å²) in [5.41, 5.74) is 0. The molecule has 0 radical (unpaired) electrons. The lowest BCUT2D eigenvalue weighted by Gasteiger charge is -2.33. The van der Waals surface area contributed by atoms with Crippen LogP contribution in [-0.2, 0) is 14.8 Å². The Hall–Kier alpha value is -1.41. The van der Waals surface area contributed by atoms with Gasteiger partial charge in [0.15, 0.2) is 0 Å². The Labute approximate surface area is 119 Å². The number of hydrogen-bond acceptors (Lipinski definition) is 4. The summed E-state index contributed by atoms with van der Waals surface area (Å²) in [5, 5.41) is 4.22. The van der Waals surface area contributed by atoms with Gasteiger partial charge in [0.1, 0.15) is 0 Å². The lowest BCUT2D eigenvalue weighted by molar-refractivity contribution is -0.132. The molecule has 1 aromatic heterocycles. The van der Waals surface area contributed by atoms with Crippen molar-refractivity contribution in [2.75, 3.05) is 25.9 Å². The molecule has 7 nitrogen and oxygen atoms in total. The first-order valence-corrected chi connectivity index (χ1v) is 8.56. The molecule has 0 aromatic carbocycles. The van der Waals surface area contributed by atoms with E-state index >= 15 is 0 Å². The highest BCUT2D eigenvalue weighted by Crippen LogP contribution is 2.20. The molecule has 1 aliphatic heterocycles. The topological polar surface area (TPSA) is 84.3 Å². The minimum atomic E-state index is -3.23. The van der Waals surface area contributed by atoms with E-state index in [4.69, 9.17) is 0 Å². The first-order valence-electron chi connectivity index (χ1n) is 6.67. The van der Waals surface area contributed by atoms with Gasteiger partial charge in [-0.3, -0.25) is 9.48 Å². The van der Waals surface area contributed by atoms with Gasteiger partial charge in [0.25, 0.3) is 0 Å². The van der Waals surface area contributed by atoms with Gasteiger partial charge in [0, 0.05) is 38.4 Å². The number of amides is 1. The number of nitrogens with zero attached hydrogens (tertiary/aromatic N) is 3. The number of aromatic nitrogens is 2. The zero-order valence-corrected chi connectivity index (χ0v) is 12.3. The van der Waals surface area contributed by atoms with Crippen LogP contribution in [0.2, 0.25) is 0 Å². The maximum absolute atomic E-state index is 12.1. The maximum atomic E-state index is 12.1. The molecule has 1 amide bonds. The number of nitrogens with one attached hydrogen (secondary N) is 1. The second kappa shape index (κ2) is 6.36. The van der Waals surface area contributed by atoms with Crippen LogP contribution in [0.3, 0.4) is 0 Å². The summed E-state index contributed by atoms with van der Waals surface area (Å²) < 4.78 is 26.1. The third-order valence-corrected chi connectivity index (χ3v) is 4.08. The number of sulfonamides is 1. The highest BCUT2D eigenvalue weighted by molar-refractivity contribution is 7.88. The number of carbonyl (C=O) groups is 1. The molecule has 1 aliphatic rings. The van der Waals surface area contributed by atoms with Gasteiger partial charge in [-0.2, -0.15) is 5.10 Å². The molecule has 1 unspecified atom stereocenters. The minimum Gasteiger partial charge on any atom is -0.341 e. The number of carbonyl (C=O) groups excluding carboxylic acids is 1. The van der Waals surface area contributed by atoms with Crippen LogP contribution in [-0.4, -0.2) is 54.9 Å². The molecule has 20 heavy (non-hydrogen) atoms. The fraction of sp³-hybridized carbons (Fsp3) is 0.667. The van der Waals surface area contributed by atoms with E-state index in [0.29, 0.717) is 6.54 Å². The summed E-state index contributed by atoms with van der Waals surface area (Å²) >= 11 is 0. The number of likely N-dealkylation sites (tertiary alicyclic amines) is 1. The molecule has 1 atom stereocenters. The molecule has 1 aromatic rings. The first kappa shape index (κ1) is 15.0. The third-order valence-electron chi connectivity index (χ3n) is 3.35. The van der Waals surface area contributed by atoms with Crippen molar-refractivity contribution in [2.45, 2.75) is 25.3 Å². The van der Waals surface area contributed by atoms with E-state index in [1.54, 1.807) is 11.1 Å². The van der Waals surface area contributed by atoms with Crippen molar-refractivity contribution in [3.8, 4) is 0 Å². The first-order chi connectivity index (χ1) is 9.46. The number of rotatable bonds is 5. The van der Waals surface area contributed by atoms with Crippen molar-refractivity contribution in [3.63, 3.8) is 0 Å². The molecule has 0 saturated carbocycles. The van der Waals surface area contributed by atoms with Crippen molar-refractivity contribution >= 4 is 15.9 Å². The summed E-state index contributed by atoms with van der Waals surface area (Å²) in [4.78, 5) is 13.9. The molecule has 1 N–H and O–H groups in total. The highest BCUT2D eigenvalue weighted by atomic mass is 32.2. The van der Waals surface area contributed by atoms with Gasteiger partial charge in [0.05, 0.1) is 12.3 Å². The van der Waals surface area contributed by atoms with Gasteiger partial charge >= 0.3 is 0 Å².